The lowest BCUT2D eigenvalue weighted by atomic mass is 10.0. The van der Waals surface area contributed by atoms with Crippen LogP contribution in [0, 0.1) is 10.1 Å². The molecule has 0 heterocycles. The first-order chi connectivity index (χ1) is 7.58. The van der Waals surface area contributed by atoms with Crippen LogP contribution in [0.4, 0.5) is 0 Å². The van der Waals surface area contributed by atoms with Crippen LogP contribution >= 0.6 is 0 Å². The Morgan fingerprint density at radius 1 is 1.31 bits per heavy atom. The van der Waals surface area contributed by atoms with Crippen molar-refractivity contribution in [1.82, 2.24) is 0 Å². The number of rotatable bonds is 5. The number of hydrogen-bond donors (Lipinski definition) is 0. The molecule has 0 fully saturated rings. The van der Waals surface area contributed by atoms with Gasteiger partial charge in [-0.2, -0.15) is 0 Å². The standard InChI is InChI=1S/C11H15NO4/c1-8(7-12(13)14)9-4-5-10(15-2)11(6-9)16-3/h4-6,8H,7H2,1-3H3/t8-/m1/s1. The van der Waals surface area contributed by atoms with E-state index in [4.69, 9.17) is 9.47 Å². The molecule has 0 N–H and O–H groups in total. The molecule has 0 aromatic heterocycles. The average Bonchev–Trinajstić information content (AvgIpc) is 2.27. The molecule has 1 atom stereocenters. The third kappa shape index (κ3) is 2.85. The SMILES string of the molecule is COc1ccc([C@H](C)C[N+](=O)[O-])cc1OC. The van der Waals surface area contributed by atoms with Crippen molar-refractivity contribution < 1.29 is 14.4 Å². The maximum Gasteiger partial charge on any atom is 0.210 e. The van der Waals surface area contributed by atoms with Crippen molar-refractivity contribution in [1.29, 1.82) is 0 Å². The van der Waals surface area contributed by atoms with Crippen molar-refractivity contribution in [2.75, 3.05) is 20.8 Å². The summed E-state index contributed by atoms with van der Waals surface area (Å²) in [6.07, 6.45) is 0. The summed E-state index contributed by atoms with van der Waals surface area (Å²) in [5.41, 5.74) is 0.870. The molecular formula is C11H15NO4. The third-order valence-electron chi connectivity index (χ3n) is 2.40. The second-order valence-electron chi connectivity index (χ2n) is 3.53. The summed E-state index contributed by atoms with van der Waals surface area (Å²) in [7, 11) is 3.10. The van der Waals surface area contributed by atoms with E-state index in [1.54, 1.807) is 26.4 Å². The molecular weight excluding hydrogens is 210 g/mol. The lowest BCUT2D eigenvalue weighted by molar-refractivity contribution is -0.482. The van der Waals surface area contributed by atoms with E-state index >= 15 is 0 Å². The summed E-state index contributed by atoms with van der Waals surface area (Å²) in [4.78, 5) is 10.1. The fourth-order valence-electron chi connectivity index (χ4n) is 1.49. The minimum Gasteiger partial charge on any atom is -0.493 e. The van der Waals surface area contributed by atoms with Crippen LogP contribution < -0.4 is 9.47 Å². The molecule has 0 unspecified atom stereocenters. The highest BCUT2D eigenvalue weighted by Gasteiger charge is 2.14. The van der Waals surface area contributed by atoms with Gasteiger partial charge >= 0.3 is 0 Å². The smallest absolute Gasteiger partial charge is 0.210 e. The van der Waals surface area contributed by atoms with Crippen molar-refractivity contribution in [3.63, 3.8) is 0 Å². The molecule has 0 radical (unpaired) electrons. The van der Waals surface area contributed by atoms with Gasteiger partial charge in [0.05, 0.1) is 14.2 Å². The molecule has 0 spiro atoms. The molecule has 1 rings (SSSR count). The van der Waals surface area contributed by atoms with E-state index in [-0.39, 0.29) is 17.4 Å². The van der Waals surface area contributed by atoms with Gasteiger partial charge in [0.15, 0.2) is 11.5 Å². The lowest BCUT2D eigenvalue weighted by Gasteiger charge is -2.12. The van der Waals surface area contributed by atoms with Crippen molar-refractivity contribution in [2.24, 2.45) is 0 Å². The molecule has 0 aliphatic carbocycles. The molecule has 1 aromatic carbocycles. The third-order valence-corrected chi connectivity index (χ3v) is 2.40. The highest BCUT2D eigenvalue weighted by Crippen LogP contribution is 2.30. The zero-order valence-electron chi connectivity index (χ0n) is 9.60. The molecule has 0 amide bonds. The fraction of sp³-hybridized carbons (Fsp3) is 0.455. The molecule has 5 heteroatoms. The van der Waals surface area contributed by atoms with Gasteiger partial charge in [-0.25, -0.2) is 0 Å². The van der Waals surface area contributed by atoms with E-state index in [0.717, 1.165) is 5.56 Å². The van der Waals surface area contributed by atoms with Gasteiger partial charge < -0.3 is 9.47 Å². The number of ether oxygens (including phenoxy) is 2. The van der Waals surface area contributed by atoms with Crippen LogP contribution in [0.3, 0.4) is 0 Å². The molecule has 0 aliphatic rings. The monoisotopic (exact) mass is 225 g/mol. The summed E-state index contributed by atoms with van der Waals surface area (Å²) in [5.74, 6) is 1.07. The van der Waals surface area contributed by atoms with Gasteiger partial charge in [0.2, 0.25) is 6.54 Å². The Balaban J connectivity index is 2.93. The van der Waals surface area contributed by atoms with Crippen LogP contribution in [0.1, 0.15) is 18.4 Å². The van der Waals surface area contributed by atoms with E-state index < -0.39 is 0 Å². The second-order valence-corrected chi connectivity index (χ2v) is 3.53. The van der Waals surface area contributed by atoms with E-state index in [2.05, 4.69) is 0 Å². The van der Waals surface area contributed by atoms with Crippen LogP contribution in [-0.4, -0.2) is 25.7 Å². The Kier molecular flexibility index (Phi) is 4.10. The quantitative estimate of drug-likeness (QED) is 0.568. The molecule has 0 saturated carbocycles. The minimum atomic E-state index is -0.318. The van der Waals surface area contributed by atoms with Gasteiger partial charge in [0.25, 0.3) is 0 Å². The van der Waals surface area contributed by atoms with Gasteiger partial charge in [-0.05, 0) is 17.7 Å². The van der Waals surface area contributed by atoms with Gasteiger partial charge in [0.1, 0.15) is 0 Å². The summed E-state index contributed by atoms with van der Waals surface area (Å²) in [6, 6.07) is 5.34. The van der Waals surface area contributed by atoms with Crippen LogP contribution in [0.5, 0.6) is 11.5 Å². The highest BCUT2D eigenvalue weighted by atomic mass is 16.6. The Labute approximate surface area is 94.1 Å². The number of hydrogen-bond acceptors (Lipinski definition) is 4. The van der Waals surface area contributed by atoms with Crippen LogP contribution in [0.25, 0.3) is 0 Å². The van der Waals surface area contributed by atoms with E-state index in [1.807, 2.05) is 13.0 Å². The molecule has 16 heavy (non-hydrogen) atoms. The largest absolute Gasteiger partial charge is 0.493 e. The van der Waals surface area contributed by atoms with Crippen molar-refractivity contribution in [3.05, 3.63) is 33.9 Å². The van der Waals surface area contributed by atoms with E-state index in [1.165, 1.54) is 0 Å². The van der Waals surface area contributed by atoms with E-state index in [0.29, 0.717) is 11.5 Å². The topological polar surface area (TPSA) is 61.6 Å². The second kappa shape index (κ2) is 5.34. The van der Waals surface area contributed by atoms with Crippen LogP contribution in [-0.2, 0) is 0 Å². The summed E-state index contributed by atoms with van der Waals surface area (Å²) < 4.78 is 10.2. The number of nitro groups is 1. The Morgan fingerprint density at radius 3 is 2.44 bits per heavy atom. The fourth-order valence-corrected chi connectivity index (χ4v) is 1.49. The van der Waals surface area contributed by atoms with Crippen LogP contribution in [0.15, 0.2) is 18.2 Å². The summed E-state index contributed by atoms with van der Waals surface area (Å²) >= 11 is 0. The molecule has 5 nitrogen and oxygen atoms in total. The predicted molar refractivity (Wildman–Crippen MR) is 59.8 cm³/mol. The van der Waals surface area contributed by atoms with Crippen molar-refractivity contribution in [2.45, 2.75) is 12.8 Å². The first-order valence-electron chi connectivity index (χ1n) is 4.92. The summed E-state index contributed by atoms with van der Waals surface area (Å²) in [6.45, 7) is 1.72. The highest BCUT2D eigenvalue weighted by molar-refractivity contribution is 5.43. The van der Waals surface area contributed by atoms with Gasteiger partial charge in [-0.3, -0.25) is 10.1 Å². The maximum absolute atomic E-state index is 10.4. The minimum absolute atomic E-state index is 0.0878. The first kappa shape index (κ1) is 12.3. The maximum atomic E-state index is 10.4. The Bertz CT molecular complexity index is 378. The van der Waals surface area contributed by atoms with Gasteiger partial charge in [-0.15, -0.1) is 0 Å². The molecule has 88 valence electrons. The molecule has 0 saturated heterocycles. The Hall–Kier alpha value is -1.78. The number of methoxy groups -OCH3 is 2. The van der Waals surface area contributed by atoms with Gasteiger partial charge in [-0.1, -0.05) is 13.0 Å². The van der Waals surface area contributed by atoms with Crippen molar-refractivity contribution in [3.8, 4) is 11.5 Å². The first-order valence-corrected chi connectivity index (χ1v) is 4.92. The number of nitrogens with zero attached hydrogens (tertiary/aromatic N) is 1. The van der Waals surface area contributed by atoms with E-state index in [9.17, 15) is 10.1 Å². The summed E-state index contributed by atoms with van der Waals surface area (Å²) in [5, 5.41) is 10.4. The zero-order valence-corrected chi connectivity index (χ0v) is 9.60. The Morgan fingerprint density at radius 2 is 1.94 bits per heavy atom. The number of benzene rings is 1. The molecule has 0 aliphatic heterocycles. The predicted octanol–water partition coefficient (Wildman–Crippen LogP) is 2.08. The molecule has 0 bridgehead atoms. The average molecular weight is 225 g/mol. The lowest BCUT2D eigenvalue weighted by Crippen LogP contribution is -2.09. The zero-order chi connectivity index (χ0) is 12.1. The normalized spacial score (nSPS) is 11.9. The molecule has 1 aromatic rings. The van der Waals surface area contributed by atoms with Gasteiger partial charge in [0, 0.05) is 10.8 Å². The van der Waals surface area contributed by atoms with Crippen LogP contribution in [0.2, 0.25) is 0 Å². The van der Waals surface area contributed by atoms with Crippen molar-refractivity contribution >= 4 is 0 Å².